The zero-order valence-electron chi connectivity index (χ0n) is 6.99. The first-order valence-electron chi connectivity index (χ1n) is 3.81. The molecule has 3 nitrogen and oxygen atoms in total. The summed E-state index contributed by atoms with van der Waals surface area (Å²) in [6.45, 7) is 1.88. The summed E-state index contributed by atoms with van der Waals surface area (Å²) in [4.78, 5) is 4.12. The van der Waals surface area contributed by atoms with Crippen molar-refractivity contribution in [3.8, 4) is 6.07 Å². The van der Waals surface area contributed by atoms with Gasteiger partial charge in [-0.25, -0.2) is 0 Å². The van der Waals surface area contributed by atoms with E-state index in [0.717, 1.165) is 11.3 Å². The average molecular weight is 161 g/mol. The fourth-order valence-electron chi connectivity index (χ4n) is 0.901. The quantitative estimate of drug-likeness (QED) is 0.708. The van der Waals surface area contributed by atoms with Crippen LogP contribution < -0.4 is 5.73 Å². The Hall–Kier alpha value is -1.40. The van der Waals surface area contributed by atoms with E-state index in [4.69, 9.17) is 11.0 Å². The summed E-state index contributed by atoms with van der Waals surface area (Å²) in [6, 6.07) is 5.76. The number of aromatic nitrogens is 1. The molecule has 0 spiro atoms. The third-order valence-corrected chi connectivity index (χ3v) is 1.60. The van der Waals surface area contributed by atoms with Crippen LogP contribution in [0, 0.1) is 11.3 Å². The van der Waals surface area contributed by atoms with Crippen molar-refractivity contribution in [2.24, 2.45) is 5.73 Å². The first-order chi connectivity index (χ1) is 5.74. The van der Waals surface area contributed by atoms with Gasteiger partial charge in [-0.15, -0.1) is 0 Å². The Morgan fingerprint density at radius 2 is 2.42 bits per heavy atom. The summed E-state index contributed by atoms with van der Waals surface area (Å²) < 4.78 is 0. The van der Waals surface area contributed by atoms with Crippen molar-refractivity contribution in [1.82, 2.24) is 4.98 Å². The SMILES string of the molecule is C[C@@H](N)c1ccc(CC#N)cn1. The third kappa shape index (κ3) is 2.04. The monoisotopic (exact) mass is 161 g/mol. The maximum absolute atomic E-state index is 8.40. The highest BCUT2D eigenvalue weighted by molar-refractivity contribution is 5.18. The van der Waals surface area contributed by atoms with Gasteiger partial charge in [-0.1, -0.05) is 6.07 Å². The van der Waals surface area contributed by atoms with Gasteiger partial charge < -0.3 is 5.73 Å². The van der Waals surface area contributed by atoms with Gasteiger partial charge in [0.1, 0.15) is 0 Å². The molecule has 0 radical (unpaired) electrons. The van der Waals surface area contributed by atoms with Crippen LogP contribution in [0.4, 0.5) is 0 Å². The minimum Gasteiger partial charge on any atom is -0.323 e. The summed E-state index contributed by atoms with van der Waals surface area (Å²) in [5.41, 5.74) is 7.40. The molecular weight excluding hydrogens is 150 g/mol. The van der Waals surface area contributed by atoms with Gasteiger partial charge in [-0.05, 0) is 18.6 Å². The second kappa shape index (κ2) is 3.84. The third-order valence-electron chi connectivity index (χ3n) is 1.60. The molecule has 0 fully saturated rings. The predicted molar refractivity (Wildman–Crippen MR) is 46.2 cm³/mol. The Morgan fingerprint density at radius 1 is 1.67 bits per heavy atom. The van der Waals surface area contributed by atoms with Crippen LogP contribution in [0.2, 0.25) is 0 Å². The summed E-state index contributed by atoms with van der Waals surface area (Å²) in [7, 11) is 0. The number of rotatable bonds is 2. The Balaban J connectivity index is 2.80. The first-order valence-corrected chi connectivity index (χ1v) is 3.81. The molecule has 0 aliphatic rings. The van der Waals surface area contributed by atoms with E-state index >= 15 is 0 Å². The zero-order chi connectivity index (χ0) is 8.97. The normalized spacial score (nSPS) is 12.1. The van der Waals surface area contributed by atoms with E-state index in [1.54, 1.807) is 6.20 Å². The van der Waals surface area contributed by atoms with Crippen molar-refractivity contribution in [2.45, 2.75) is 19.4 Å². The second-order valence-corrected chi connectivity index (χ2v) is 2.71. The molecule has 1 rings (SSSR count). The van der Waals surface area contributed by atoms with E-state index in [9.17, 15) is 0 Å². The molecule has 3 heteroatoms. The molecule has 62 valence electrons. The molecule has 0 unspecified atom stereocenters. The molecular formula is C9H11N3. The average Bonchev–Trinajstić information content (AvgIpc) is 2.06. The Bertz CT molecular complexity index is 282. The number of pyridine rings is 1. The lowest BCUT2D eigenvalue weighted by molar-refractivity contribution is 0.779. The van der Waals surface area contributed by atoms with Crippen LogP contribution in [0.1, 0.15) is 24.2 Å². The van der Waals surface area contributed by atoms with Gasteiger partial charge >= 0.3 is 0 Å². The molecule has 0 aromatic carbocycles. The largest absolute Gasteiger partial charge is 0.323 e. The highest BCUT2D eigenvalue weighted by Gasteiger charge is 1.99. The van der Waals surface area contributed by atoms with Crippen molar-refractivity contribution in [1.29, 1.82) is 5.26 Å². The standard InChI is InChI=1S/C9H11N3/c1-7(11)9-3-2-8(4-5-10)6-12-9/h2-3,6-7H,4,11H2,1H3/t7-/m1/s1. The lowest BCUT2D eigenvalue weighted by Crippen LogP contribution is -2.06. The van der Waals surface area contributed by atoms with Gasteiger partial charge in [0.15, 0.2) is 0 Å². The Labute approximate surface area is 71.8 Å². The topological polar surface area (TPSA) is 62.7 Å². The van der Waals surface area contributed by atoms with Gasteiger partial charge in [-0.3, -0.25) is 4.98 Å². The van der Waals surface area contributed by atoms with Crippen LogP contribution in [0.3, 0.4) is 0 Å². The second-order valence-electron chi connectivity index (χ2n) is 2.71. The summed E-state index contributed by atoms with van der Waals surface area (Å²) in [5.74, 6) is 0. The predicted octanol–water partition coefficient (Wildman–Crippen LogP) is 1.17. The molecule has 2 N–H and O–H groups in total. The smallest absolute Gasteiger partial charge is 0.0670 e. The summed E-state index contributed by atoms with van der Waals surface area (Å²) in [6.07, 6.45) is 2.11. The van der Waals surface area contributed by atoms with Crippen LogP contribution >= 0.6 is 0 Å². The Kier molecular flexibility index (Phi) is 2.78. The first kappa shape index (κ1) is 8.69. The highest BCUT2D eigenvalue weighted by atomic mass is 14.8. The van der Waals surface area contributed by atoms with E-state index < -0.39 is 0 Å². The lowest BCUT2D eigenvalue weighted by Gasteiger charge is -2.03. The minimum atomic E-state index is -0.0406. The maximum atomic E-state index is 8.40. The molecule has 1 heterocycles. The number of hydrogen-bond donors (Lipinski definition) is 1. The van der Waals surface area contributed by atoms with Crippen molar-refractivity contribution in [3.63, 3.8) is 0 Å². The maximum Gasteiger partial charge on any atom is 0.0670 e. The van der Waals surface area contributed by atoms with Crippen LogP contribution in [-0.4, -0.2) is 4.98 Å². The van der Waals surface area contributed by atoms with Crippen molar-refractivity contribution in [2.75, 3.05) is 0 Å². The van der Waals surface area contributed by atoms with E-state index in [1.165, 1.54) is 0 Å². The lowest BCUT2D eigenvalue weighted by atomic mass is 10.1. The fraction of sp³-hybridized carbons (Fsp3) is 0.333. The summed E-state index contributed by atoms with van der Waals surface area (Å²) >= 11 is 0. The fourth-order valence-corrected chi connectivity index (χ4v) is 0.901. The summed E-state index contributed by atoms with van der Waals surface area (Å²) in [5, 5.41) is 8.40. The van der Waals surface area contributed by atoms with E-state index in [-0.39, 0.29) is 6.04 Å². The van der Waals surface area contributed by atoms with Crippen LogP contribution in [-0.2, 0) is 6.42 Å². The van der Waals surface area contributed by atoms with Crippen molar-refractivity contribution in [3.05, 3.63) is 29.6 Å². The number of nitriles is 1. The van der Waals surface area contributed by atoms with Crippen molar-refractivity contribution < 1.29 is 0 Å². The number of hydrogen-bond acceptors (Lipinski definition) is 3. The molecule has 12 heavy (non-hydrogen) atoms. The molecule has 1 aromatic rings. The highest BCUT2D eigenvalue weighted by Crippen LogP contribution is 2.06. The van der Waals surface area contributed by atoms with E-state index in [1.807, 2.05) is 19.1 Å². The van der Waals surface area contributed by atoms with Gasteiger partial charge in [0.25, 0.3) is 0 Å². The van der Waals surface area contributed by atoms with Crippen LogP contribution in [0.15, 0.2) is 18.3 Å². The molecule has 1 atom stereocenters. The molecule has 0 aliphatic carbocycles. The van der Waals surface area contributed by atoms with Gasteiger partial charge in [0.2, 0.25) is 0 Å². The van der Waals surface area contributed by atoms with Crippen molar-refractivity contribution >= 4 is 0 Å². The molecule has 0 saturated carbocycles. The number of nitrogens with zero attached hydrogens (tertiary/aromatic N) is 2. The van der Waals surface area contributed by atoms with Crippen LogP contribution in [0.5, 0.6) is 0 Å². The van der Waals surface area contributed by atoms with Gasteiger partial charge in [0.05, 0.1) is 18.2 Å². The van der Waals surface area contributed by atoms with E-state index in [0.29, 0.717) is 6.42 Å². The zero-order valence-corrected chi connectivity index (χ0v) is 6.99. The molecule has 0 bridgehead atoms. The molecule has 0 amide bonds. The molecule has 1 aromatic heterocycles. The molecule has 0 saturated heterocycles. The van der Waals surface area contributed by atoms with Crippen LogP contribution in [0.25, 0.3) is 0 Å². The minimum absolute atomic E-state index is 0.0406. The number of nitrogens with two attached hydrogens (primary N) is 1. The van der Waals surface area contributed by atoms with Gasteiger partial charge in [0, 0.05) is 12.2 Å². The molecule has 0 aliphatic heterocycles. The Morgan fingerprint density at radius 3 is 2.83 bits per heavy atom. The van der Waals surface area contributed by atoms with Gasteiger partial charge in [-0.2, -0.15) is 5.26 Å². The van der Waals surface area contributed by atoms with E-state index in [2.05, 4.69) is 11.1 Å².